The van der Waals surface area contributed by atoms with Gasteiger partial charge >= 0.3 is 0 Å². The highest BCUT2D eigenvalue weighted by Gasteiger charge is 2.17. The minimum absolute atomic E-state index is 0.239. The summed E-state index contributed by atoms with van der Waals surface area (Å²) in [5.74, 6) is 0.497. The van der Waals surface area contributed by atoms with Gasteiger partial charge in [-0.1, -0.05) is 11.2 Å². The van der Waals surface area contributed by atoms with Crippen molar-refractivity contribution in [2.75, 3.05) is 13.1 Å². The van der Waals surface area contributed by atoms with Crippen LogP contribution >= 0.6 is 0 Å². The monoisotopic (exact) mass is 286 g/mol. The Hall–Kier alpha value is -2.21. The van der Waals surface area contributed by atoms with Crippen LogP contribution in [0.25, 0.3) is 0 Å². The van der Waals surface area contributed by atoms with Crippen LogP contribution < -0.4 is 5.32 Å². The zero-order chi connectivity index (χ0) is 14.5. The number of nitrogens with one attached hydrogen (secondary N) is 1. The minimum atomic E-state index is -0.239. The molecule has 2 aromatic heterocycles. The summed E-state index contributed by atoms with van der Waals surface area (Å²) >= 11 is 0. The van der Waals surface area contributed by atoms with E-state index in [1.807, 2.05) is 18.2 Å². The number of pyridine rings is 1. The lowest BCUT2D eigenvalue weighted by Crippen LogP contribution is -2.23. The molecule has 0 saturated carbocycles. The Morgan fingerprint density at radius 2 is 2.19 bits per heavy atom. The molecule has 2 aromatic rings. The largest absolute Gasteiger partial charge is 0.359 e. The molecule has 6 heteroatoms. The summed E-state index contributed by atoms with van der Waals surface area (Å²) in [5, 5.41) is 6.62. The first-order valence-corrected chi connectivity index (χ1v) is 7.17. The number of nitrogens with zero attached hydrogens (tertiary/aromatic N) is 3. The van der Waals surface area contributed by atoms with Gasteiger partial charge in [-0.25, -0.2) is 0 Å². The van der Waals surface area contributed by atoms with Crippen LogP contribution in [-0.2, 0) is 13.1 Å². The number of hydrogen-bond donors (Lipinski definition) is 1. The van der Waals surface area contributed by atoms with Gasteiger partial charge in [0.1, 0.15) is 0 Å². The smallest absolute Gasteiger partial charge is 0.273 e. The lowest BCUT2D eigenvalue weighted by molar-refractivity contribution is 0.0941. The predicted molar refractivity (Wildman–Crippen MR) is 76.4 cm³/mol. The second-order valence-corrected chi connectivity index (χ2v) is 5.17. The molecule has 1 N–H and O–H groups in total. The Kier molecular flexibility index (Phi) is 4.25. The zero-order valence-corrected chi connectivity index (χ0v) is 11.8. The molecule has 0 unspecified atom stereocenters. The molecule has 0 aliphatic carbocycles. The molecule has 110 valence electrons. The zero-order valence-electron chi connectivity index (χ0n) is 11.8. The van der Waals surface area contributed by atoms with E-state index < -0.39 is 0 Å². The first-order chi connectivity index (χ1) is 10.3. The van der Waals surface area contributed by atoms with E-state index >= 15 is 0 Å². The first kappa shape index (κ1) is 13.8. The molecule has 3 heterocycles. The molecule has 1 saturated heterocycles. The fraction of sp³-hybridized carbons (Fsp3) is 0.400. The molecular weight excluding hydrogens is 268 g/mol. The third-order valence-electron chi connectivity index (χ3n) is 3.53. The number of hydrogen-bond acceptors (Lipinski definition) is 5. The van der Waals surface area contributed by atoms with Gasteiger partial charge in [-0.05, 0) is 38.1 Å². The van der Waals surface area contributed by atoms with Gasteiger partial charge in [0.2, 0.25) is 0 Å². The Balaban J connectivity index is 1.54. The maximum Gasteiger partial charge on any atom is 0.273 e. The number of carbonyl (C=O) groups is 1. The molecule has 0 atom stereocenters. The summed E-state index contributed by atoms with van der Waals surface area (Å²) in [6.07, 6.45) is 4.16. The van der Waals surface area contributed by atoms with Gasteiger partial charge in [0.05, 0.1) is 18.8 Å². The average Bonchev–Trinajstić information content (AvgIpc) is 3.18. The molecule has 0 spiro atoms. The molecule has 0 radical (unpaired) electrons. The van der Waals surface area contributed by atoms with Crippen LogP contribution in [0, 0.1) is 0 Å². The number of likely N-dealkylation sites (tertiary alicyclic amines) is 1. The van der Waals surface area contributed by atoms with Gasteiger partial charge in [0, 0.05) is 12.3 Å². The highest BCUT2D eigenvalue weighted by molar-refractivity contribution is 5.92. The molecule has 6 nitrogen and oxygen atoms in total. The van der Waals surface area contributed by atoms with Gasteiger partial charge in [0.25, 0.3) is 5.91 Å². The second kappa shape index (κ2) is 6.49. The Morgan fingerprint density at radius 3 is 2.95 bits per heavy atom. The van der Waals surface area contributed by atoms with E-state index in [2.05, 4.69) is 20.4 Å². The van der Waals surface area contributed by atoms with Crippen LogP contribution in [0.15, 0.2) is 35.0 Å². The molecule has 0 bridgehead atoms. The van der Waals surface area contributed by atoms with Crippen LogP contribution in [0.2, 0.25) is 0 Å². The summed E-state index contributed by atoms with van der Waals surface area (Å²) in [7, 11) is 0. The fourth-order valence-electron chi connectivity index (χ4n) is 2.42. The molecule has 1 fully saturated rings. The second-order valence-electron chi connectivity index (χ2n) is 5.17. The molecular formula is C15H18N4O2. The summed E-state index contributed by atoms with van der Waals surface area (Å²) in [4.78, 5) is 18.4. The number of aromatic nitrogens is 2. The average molecular weight is 286 g/mol. The van der Waals surface area contributed by atoms with Crippen molar-refractivity contribution in [3.05, 3.63) is 47.6 Å². The third-order valence-corrected chi connectivity index (χ3v) is 3.53. The van der Waals surface area contributed by atoms with E-state index in [0.717, 1.165) is 31.1 Å². The predicted octanol–water partition coefficient (Wildman–Crippen LogP) is 1.60. The first-order valence-electron chi connectivity index (χ1n) is 7.17. The van der Waals surface area contributed by atoms with E-state index in [4.69, 9.17) is 4.52 Å². The molecule has 1 aliphatic heterocycles. The minimum Gasteiger partial charge on any atom is -0.359 e. The Morgan fingerprint density at radius 1 is 1.33 bits per heavy atom. The van der Waals surface area contributed by atoms with E-state index in [0.29, 0.717) is 12.2 Å². The van der Waals surface area contributed by atoms with Crippen molar-refractivity contribution in [3.63, 3.8) is 0 Å². The maximum atomic E-state index is 12.0. The van der Waals surface area contributed by atoms with Crippen LogP contribution in [0.4, 0.5) is 0 Å². The van der Waals surface area contributed by atoms with Gasteiger partial charge in [-0.3, -0.25) is 14.7 Å². The number of carbonyl (C=O) groups excluding carboxylic acids is 1. The van der Waals surface area contributed by atoms with Crippen LogP contribution in [0.5, 0.6) is 0 Å². The molecule has 0 aromatic carbocycles. The van der Waals surface area contributed by atoms with Crippen molar-refractivity contribution in [1.82, 2.24) is 20.4 Å². The van der Waals surface area contributed by atoms with Crippen molar-refractivity contribution in [1.29, 1.82) is 0 Å². The fourth-order valence-corrected chi connectivity index (χ4v) is 2.42. The van der Waals surface area contributed by atoms with Crippen molar-refractivity contribution in [3.8, 4) is 0 Å². The van der Waals surface area contributed by atoms with Gasteiger partial charge in [-0.15, -0.1) is 0 Å². The summed E-state index contributed by atoms with van der Waals surface area (Å²) in [5.41, 5.74) is 1.13. The van der Waals surface area contributed by atoms with Crippen molar-refractivity contribution in [2.24, 2.45) is 0 Å². The highest BCUT2D eigenvalue weighted by atomic mass is 16.5. The maximum absolute atomic E-state index is 12.0. The Labute approximate surface area is 123 Å². The molecule has 21 heavy (non-hydrogen) atoms. The lowest BCUT2D eigenvalue weighted by Gasteiger charge is -2.10. The van der Waals surface area contributed by atoms with Gasteiger partial charge in [0.15, 0.2) is 11.5 Å². The van der Waals surface area contributed by atoms with Crippen LogP contribution in [0.1, 0.15) is 34.8 Å². The van der Waals surface area contributed by atoms with Crippen molar-refractivity contribution < 1.29 is 9.32 Å². The SMILES string of the molecule is O=C(NCc1ccccn1)c1cc(CN2CCCC2)on1. The Bertz CT molecular complexity index is 591. The van der Waals surface area contributed by atoms with Gasteiger partial charge < -0.3 is 9.84 Å². The number of amides is 1. The van der Waals surface area contributed by atoms with Crippen molar-refractivity contribution in [2.45, 2.75) is 25.9 Å². The van der Waals surface area contributed by atoms with E-state index in [9.17, 15) is 4.79 Å². The topological polar surface area (TPSA) is 71.3 Å². The molecule has 1 amide bonds. The lowest BCUT2D eigenvalue weighted by atomic mass is 10.3. The molecule has 3 rings (SSSR count). The quantitative estimate of drug-likeness (QED) is 0.904. The molecule has 1 aliphatic rings. The van der Waals surface area contributed by atoms with Crippen LogP contribution in [0.3, 0.4) is 0 Å². The standard InChI is InChI=1S/C15H18N4O2/c20-15(17-10-12-5-1-2-6-16-12)14-9-13(21-18-14)11-19-7-3-4-8-19/h1-2,5-6,9H,3-4,7-8,10-11H2,(H,17,20). The van der Waals surface area contributed by atoms with E-state index in [-0.39, 0.29) is 5.91 Å². The summed E-state index contributed by atoms with van der Waals surface area (Å²) in [6, 6.07) is 7.31. The van der Waals surface area contributed by atoms with E-state index in [1.54, 1.807) is 12.3 Å². The third kappa shape index (κ3) is 3.66. The van der Waals surface area contributed by atoms with E-state index in [1.165, 1.54) is 12.8 Å². The summed E-state index contributed by atoms with van der Waals surface area (Å²) < 4.78 is 5.23. The van der Waals surface area contributed by atoms with Crippen molar-refractivity contribution >= 4 is 5.91 Å². The van der Waals surface area contributed by atoms with Gasteiger partial charge in [-0.2, -0.15) is 0 Å². The number of rotatable bonds is 5. The highest BCUT2D eigenvalue weighted by Crippen LogP contribution is 2.13. The van der Waals surface area contributed by atoms with Crippen LogP contribution in [-0.4, -0.2) is 34.0 Å². The summed E-state index contributed by atoms with van der Waals surface area (Å²) in [6.45, 7) is 3.28. The normalized spacial score (nSPS) is 15.2.